The van der Waals surface area contributed by atoms with Crippen LogP contribution in [0.2, 0.25) is 0 Å². The quantitative estimate of drug-likeness (QED) is 0.410. The zero-order chi connectivity index (χ0) is 23.3. The van der Waals surface area contributed by atoms with Crippen LogP contribution in [0.5, 0.6) is 0 Å². The van der Waals surface area contributed by atoms with Gasteiger partial charge < -0.3 is 15.1 Å². The van der Waals surface area contributed by atoms with E-state index in [1.165, 1.54) is 18.2 Å². The number of Topliss-reactive ketones (excluding diaryl/α,β-unsaturated/α-hetero) is 1. The molecule has 0 aliphatic heterocycles. The van der Waals surface area contributed by atoms with Crippen molar-refractivity contribution in [3.63, 3.8) is 0 Å². The van der Waals surface area contributed by atoms with Crippen molar-refractivity contribution in [2.75, 3.05) is 5.75 Å². The van der Waals surface area contributed by atoms with Crippen molar-refractivity contribution in [1.29, 1.82) is 0 Å². The summed E-state index contributed by atoms with van der Waals surface area (Å²) in [5.74, 6) is 1.79. The molecule has 1 aromatic rings. The van der Waals surface area contributed by atoms with Gasteiger partial charge in [0.05, 0.1) is 23.8 Å². The molecule has 1 aromatic heterocycles. The number of ketones is 1. The number of rotatable bonds is 14. The molecule has 0 radical (unpaired) electrons. The summed E-state index contributed by atoms with van der Waals surface area (Å²) in [5.41, 5.74) is 0. The van der Waals surface area contributed by atoms with Crippen LogP contribution in [0.3, 0.4) is 0 Å². The van der Waals surface area contributed by atoms with Crippen molar-refractivity contribution < 1.29 is 18.8 Å². The van der Waals surface area contributed by atoms with E-state index in [-0.39, 0.29) is 29.4 Å². The van der Waals surface area contributed by atoms with Gasteiger partial charge in [0, 0.05) is 5.92 Å². The number of furan rings is 1. The lowest BCUT2D eigenvalue weighted by Crippen LogP contribution is -2.53. The molecule has 0 bridgehead atoms. The summed E-state index contributed by atoms with van der Waals surface area (Å²) in [7, 11) is 0. The van der Waals surface area contributed by atoms with Crippen molar-refractivity contribution in [3.05, 3.63) is 24.2 Å². The maximum atomic E-state index is 13.1. The van der Waals surface area contributed by atoms with Crippen LogP contribution in [0.4, 0.5) is 0 Å². The molecule has 180 valence electrons. The molecule has 1 aliphatic carbocycles. The smallest absolute Gasteiger partial charge is 0.243 e. The highest BCUT2D eigenvalue weighted by molar-refractivity contribution is 7.99. The maximum absolute atomic E-state index is 13.1. The summed E-state index contributed by atoms with van der Waals surface area (Å²) in [6.07, 6.45) is 9.73. The molecule has 0 aromatic carbocycles. The minimum Gasteiger partial charge on any atom is -0.468 e. The summed E-state index contributed by atoms with van der Waals surface area (Å²) >= 11 is 1.49. The Hall–Kier alpha value is -1.76. The molecule has 2 unspecified atom stereocenters. The Labute approximate surface area is 197 Å². The van der Waals surface area contributed by atoms with E-state index < -0.39 is 12.1 Å². The van der Waals surface area contributed by atoms with Crippen LogP contribution in [-0.2, 0) is 20.1 Å². The van der Waals surface area contributed by atoms with E-state index >= 15 is 0 Å². The van der Waals surface area contributed by atoms with E-state index in [1.54, 1.807) is 6.26 Å². The van der Waals surface area contributed by atoms with E-state index in [0.29, 0.717) is 24.3 Å². The van der Waals surface area contributed by atoms with Crippen LogP contribution in [0.15, 0.2) is 22.8 Å². The SMILES string of the molecule is CCCCC(NC(=O)C(CC(C)C)NC(=O)C1CCCCC1)C(=O)CSCc1ccco1. The van der Waals surface area contributed by atoms with Gasteiger partial charge >= 0.3 is 0 Å². The standard InChI is InChI=1S/C25H40N2O4S/c1-4-5-13-21(23(28)17-32-16-20-12-9-14-31-20)26-25(30)22(15-18(2)3)27-24(29)19-10-7-6-8-11-19/h9,12,14,18-19,21-22H,4-8,10-11,13,15-17H2,1-3H3,(H,26,30)(H,27,29). The Morgan fingerprint density at radius 2 is 1.88 bits per heavy atom. The molecule has 0 saturated heterocycles. The third-order valence-corrected chi connectivity index (χ3v) is 6.91. The van der Waals surface area contributed by atoms with Crippen molar-refractivity contribution in [2.45, 2.75) is 96.4 Å². The van der Waals surface area contributed by atoms with Gasteiger partial charge in [0.2, 0.25) is 11.8 Å². The third kappa shape index (κ3) is 9.39. The highest BCUT2D eigenvalue weighted by atomic mass is 32.2. The number of carbonyl (C=O) groups is 3. The van der Waals surface area contributed by atoms with Crippen molar-refractivity contribution in [1.82, 2.24) is 10.6 Å². The second kappa shape index (κ2) is 14.4. The summed E-state index contributed by atoms with van der Waals surface area (Å²) in [6, 6.07) is 2.60. The first kappa shape index (κ1) is 26.5. The van der Waals surface area contributed by atoms with Gasteiger partial charge in [0.25, 0.3) is 0 Å². The molecular weight excluding hydrogens is 424 g/mol. The molecule has 32 heavy (non-hydrogen) atoms. The van der Waals surface area contributed by atoms with Crippen LogP contribution >= 0.6 is 11.8 Å². The molecule has 1 saturated carbocycles. The molecule has 6 nitrogen and oxygen atoms in total. The van der Waals surface area contributed by atoms with Crippen molar-refractivity contribution in [2.24, 2.45) is 11.8 Å². The number of carbonyl (C=O) groups excluding carboxylic acids is 3. The normalized spacial score (nSPS) is 16.5. The predicted octanol–water partition coefficient (Wildman–Crippen LogP) is 4.87. The highest BCUT2D eigenvalue weighted by Gasteiger charge is 2.29. The fraction of sp³-hybridized carbons (Fsp3) is 0.720. The number of hydrogen-bond donors (Lipinski definition) is 2. The molecule has 2 rings (SSSR count). The summed E-state index contributed by atoms with van der Waals surface area (Å²) < 4.78 is 5.32. The van der Waals surface area contributed by atoms with Gasteiger partial charge in [-0.3, -0.25) is 14.4 Å². The third-order valence-electron chi connectivity index (χ3n) is 5.94. The molecular formula is C25H40N2O4S. The van der Waals surface area contributed by atoms with Crippen molar-refractivity contribution in [3.8, 4) is 0 Å². The lowest BCUT2D eigenvalue weighted by Gasteiger charge is -2.27. The van der Waals surface area contributed by atoms with Crippen LogP contribution in [0.25, 0.3) is 0 Å². The Morgan fingerprint density at radius 1 is 1.12 bits per heavy atom. The van der Waals surface area contributed by atoms with Gasteiger partial charge in [-0.2, -0.15) is 0 Å². The lowest BCUT2D eigenvalue weighted by molar-refractivity contribution is -0.133. The number of unbranched alkanes of at least 4 members (excludes halogenated alkanes) is 1. The second-order valence-electron chi connectivity index (χ2n) is 9.27. The van der Waals surface area contributed by atoms with Gasteiger partial charge in [0.15, 0.2) is 5.78 Å². The Balaban J connectivity index is 1.95. The van der Waals surface area contributed by atoms with Crippen molar-refractivity contribution >= 4 is 29.4 Å². The number of thioether (sulfide) groups is 1. The first-order chi connectivity index (χ1) is 15.4. The molecule has 7 heteroatoms. The van der Waals surface area contributed by atoms with Crippen LogP contribution in [0.1, 0.15) is 84.3 Å². The number of amides is 2. The molecule has 2 amide bonds. The first-order valence-corrected chi connectivity index (χ1v) is 13.3. The summed E-state index contributed by atoms with van der Waals surface area (Å²) in [5, 5.41) is 5.97. The van der Waals surface area contributed by atoms with E-state index in [9.17, 15) is 14.4 Å². The van der Waals surface area contributed by atoms with E-state index in [1.807, 2.05) is 26.0 Å². The minimum absolute atomic E-state index is 0.00160. The topological polar surface area (TPSA) is 88.4 Å². The first-order valence-electron chi connectivity index (χ1n) is 12.1. The Morgan fingerprint density at radius 3 is 2.50 bits per heavy atom. The summed E-state index contributed by atoms with van der Waals surface area (Å²) in [6.45, 7) is 6.15. The number of nitrogens with one attached hydrogen (secondary N) is 2. The zero-order valence-electron chi connectivity index (χ0n) is 19.9. The summed E-state index contributed by atoms with van der Waals surface area (Å²) in [4.78, 5) is 38.8. The second-order valence-corrected chi connectivity index (χ2v) is 10.3. The Kier molecular flexibility index (Phi) is 11.9. The molecule has 2 atom stereocenters. The molecule has 0 spiro atoms. The molecule has 1 fully saturated rings. The Bertz CT molecular complexity index is 699. The lowest BCUT2D eigenvalue weighted by atomic mass is 9.88. The maximum Gasteiger partial charge on any atom is 0.243 e. The minimum atomic E-state index is -0.600. The average molecular weight is 465 g/mol. The van der Waals surface area contributed by atoms with E-state index in [0.717, 1.165) is 44.3 Å². The molecule has 1 aliphatic rings. The van der Waals surface area contributed by atoms with Gasteiger partial charge in [-0.25, -0.2) is 0 Å². The predicted molar refractivity (Wildman–Crippen MR) is 129 cm³/mol. The van der Waals surface area contributed by atoms with Gasteiger partial charge in [-0.15, -0.1) is 11.8 Å². The molecule has 2 N–H and O–H groups in total. The van der Waals surface area contributed by atoms with Gasteiger partial charge in [-0.05, 0) is 43.7 Å². The van der Waals surface area contributed by atoms with Crippen LogP contribution < -0.4 is 10.6 Å². The van der Waals surface area contributed by atoms with E-state index in [4.69, 9.17) is 4.42 Å². The van der Waals surface area contributed by atoms with Gasteiger partial charge in [-0.1, -0.05) is 52.9 Å². The largest absolute Gasteiger partial charge is 0.468 e. The monoisotopic (exact) mass is 464 g/mol. The molecule has 1 heterocycles. The zero-order valence-corrected chi connectivity index (χ0v) is 20.7. The fourth-order valence-electron chi connectivity index (χ4n) is 4.10. The van der Waals surface area contributed by atoms with Crippen LogP contribution in [0, 0.1) is 11.8 Å². The van der Waals surface area contributed by atoms with E-state index in [2.05, 4.69) is 17.6 Å². The number of hydrogen-bond acceptors (Lipinski definition) is 5. The van der Waals surface area contributed by atoms with Gasteiger partial charge in [0.1, 0.15) is 11.8 Å². The van der Waals surface area contributed by atoms with Crippen LogP contribution in [-0.4, -0.2) is 35.4 Å². The highest BCUT2D eigenvalue weighted by Crippen LogP contribution is 2.24. The fourth-order valence-corrected chi connectivity index (χ4v) is 4.97. The average Bonchev–Trinajstić information content (AvgIpc) is 3.29.